The second-order valence-electron chi connectivity index (χ2n) is 4.80. The first kappa shape index (κ1) is 13.4. The number of anilines is 1. The lowest BCUT2D eigenvalue weighted by molar-refractivity contribution is 1.10. The molecule has 3 nitrogen and oxygen atoms in total. The summed E-state index contributed by atoms with van der Waals surface area (Å²) in [6.07, 6.45) is 0. The first-order valence-electron chi connectivity index (χ1n) is 6.22. The highest BCUT2D eigenvalue weighted by Crippen LogP contribution is 2.38. The van der Waals surface area contributed by atoms with E-state index < -0.39 is 0 Å². The number of H-pyrrole nitrogens is 1. The smallest absolute Gasteiger partial charge is 0.153 e. The van der Waals surface area contributed by atoms with Crippen molar-refractivity contribution in [3.63, 3.8) is 0 Å². The number of thiophene rings is 1. The third kappa shape index (κ3) is 2.27. The summed E-state index contributed by atoms with van der Waals surface area (Å²) in [7, 11) is 0. The fraction of sp³-hybridized carbons (Fsp3) is 0.133. The molecule has 3 rings (SSSR count). The van der Waals surface area contributed by atoms with E-state index in [-0.39, 0.29) is 0 Å². The lowest BCUT2D eigenvalue weighted by atomic mass is 9.98. The molecule has 0 amide bonds. The van der Waals surface area contributed by atoms with Crippen molar-refractivity contribution in [1.82, 2.24) is 10.2 Å². The van der Waals surface area contributed by atoms with Crippen molar-refractivity contribution < 1.29 is 0 Å². The minimum Gasteiger partial charge on any atom is -0.382 e. The highest BCUT2D eigenvalue weighted by molar-refractivity contribution is 9.11. The Kier molecular flexibility index (Phi) is 3.40. The van der Waals surface area contributed by atoms with Gasteiger partial charge in [-0.3, -0.25) is 5.10 Å². The van der Waals surface area contributed by atoms with Gasteiger partial charge in [-0.25, -0.2) is 0 Å². The molecule has 0 aliphatic heterocycles. The molecule has 1 aromatic carbocycles. The molecule has 0 spiro atoms. The zero-order valence-corrected chi connectivity index (χ0v) is 13.6. The number of halogens is 1. The van der Waals surface area contributed by atoms with Crippen molar-refractivity contribution >= 4 is 33.1 Å². The van der Waals surface area contributed by atoms with Gasteiger partial charge in [-0.1, -0.05) is 18.2 Å². The van der Waals surface area contributed by atoms with Crippen molar-refractivity contribution in [1.29, 1.82) is 0 Å². The van der Waals surface area contributed by atoms with Gasteiger partial charge in [0.1, 0.15) is 0 Å². The SMILES string of the molecule is Cc1ccc(-c2c(N)n[nH]c2-c2csc(Br)c2)cc1C. The van der Waals surface area contributed by atoms with E-state index in [0.29, 0.717) is 5.82 Å². The van der Waals surface area contributed by atoms with Gasteiger partial charge < -0.3 is 5.73 Å². The molecule has 2 aromatic heterocycles. The van der Waals surface area contributed by atoms with Crippen molar-refractivity contribution in [2.24, 2.45) is 0 Å². The predicted molar refractivity (Wildman–Crippen MR) is 88.9 cm³/mol. The van der Waals surface area contributed by atoms with E-state index in [1.165, 1.54) is 11.1 Å². The highest BCUT2D eigenvalue weighted by Gasteiger charge is 2.16. The zero-order valence-electron chi connectivity index (χ0n) is 11.2. The van der Waals surface area contributed by atoms with Crippen LogP contribution in [-0.2, 0) is 0 Å². The number of nitrogens with one attached hydrogen (secondary N) is 1. The number of hydrogen-bond acceptors (Lipinski definition) is 3. The second-order valence-corrected chi connectivity index (χ2v) is 7.09. The third-order valence-corrected chi connectivity index (χ3v) is 4.95. The maximum atomic E-state index is 6.05. The number of nitrogens with zero attached hydrogens (tertiary/aromatic N) is 1. The summed E-state index contributed by atoms with van der Waals surface area (Å²) >= 11 is 5.14. The Balaban J connectivity index is 2.18. The molecule has 2 heterocycles. The molecule has 3 N–H and O–H groups in total. The van der Waals surface area contributed by atoms with Gasteiger partial charge in [0.05, 0.1) is 15.0 Å². The van der Waals surface area contributed by atoms with Crippen LogP contribution >= 0.6 is 27.3 Å². The molecular weight excluding hydrogens is 334 g/mol. The first-order valence-corrected chi connectivity index (χ1v) is 7.89. The Morgan fingerprint density at radius 3 is 2.60 bits per heavy atom. The molecule has 0 aliphatic carbocycles. The monoisotopic (exact) mass is 347 g/mol. The quantitative estimate of drug-likeness (QED) is 0.701. The van der Waals surface area contributed by atoms with Crippen molar-refractivity contribution in [3.8, 4) is 22.4 Å². The van der Waals surface area contributed by atoms with E-state index in [1.807, 2.05) is 0 Å². The van der Waals surface area contributed by atoms with E-state index in [1.54, 1.807) is 11.3 Å². The van der Waals surface area contributed by atoms with Crippen LogP contribution in [0.2, 0.25) is 0 Å². The lowest BCUT2D eigenvalue weighted by Crippen LogP contribution is -1.90. The summed E-state index contributed by atoms with van der Waals surface area (Å²) in [5, 5.41) is 9.30. The van der Waals surface area contributed by atoms with Crippen LogP contribution in [-0.4, -0.2) is 10.2 Å². The molecule has 102 valence electrons. The van der Waals surface area contributed by atoms with E-state index in [2.05, 4.69) is 69.6 Å². The molecule has 0 saturated carbocycles. The van der Waals surface area contributed by atoms with Crippen LogP contribution in [0.1, 0.15) is 11.1 Å². The molecular formula is C15H14BrN3S. The molecule has 0 atom stereocenters. The van der Waals surface area contributed by atoms with Crippen LogP contribution in [0.25, 0.3) is 22.4 Å². The van der Waals surface area contributed by atoms with Gasteiger partial charge in [0, 0.05) is 10.9 Å². The normalized spacial score (nSPS) is 10.9. The Labute approximate surface area is 130 Å². The van der Waals surface area contributed by atoms with Crippen molar-refractivity contribution in [3.05, 3.63) is 44.6 Å². The predicted octanol–water partition coefficient (Wildman–Crippen LogP) is 4.77. The standard InChI is InChI=1S/C15H14BrN3S/c1-8-3-4-10(5-9(8)2)13-14(18-19-15(13)17)11-6-12(16)20-7-11/h3-7H,1-2H3,(H3,17,18,19). The van der Waals surface area contributed by atoms with Crippen LogP contribution in [0.4, 0.5) is 5.82 Å². The van der Waals surface area contributed by atoms with Gasteiger partial charge in [-0.2, -0.15) is 5.10 Å². The molecule has 0 aliphatic rings. The highest BCUT2D eigenvalue weighted by atomic mass is 79.9. The Morgan fingerprint density at radius 2 is 1.95 bits per heavy atom. The number of rotatable bonds is 2. The topological polar surface area (TPSA) is 54.7 Å². The summed E-state index contributed by atoms with van der Waals surface area (Å²) in [4.78, 5) is 0. The van der Waals surface area contributed by atoms with E-state index >= 15 is 0 Å². The van der Waals surface area contributed by atoms with Crippen molar-refractivity contribution in [2.75, 3.05) is 5.73 Å². The van der Waals surface area contributed by atoms with Gasteiger partial charge in [-0.05, 0) is 52.5 Å². The van der Waals surface area contributed by atoms with E-state index in [4.69, 9.17) is 5.73 Å². The van der Waals surface area contributed by atoms with E-state index in [9.17, 15) is 0 Å². The van der Waals surface area contributed by atoms with Gasteiger partial charge in [0.2, 0.25) is 0 Å². The Morgan fingerprint density at radius 1 is 1.15 bits per heavy atom. The molecule has 0 bridgehead atoms. The Bertz CT molecular complexity index is 773. The van der Waals surface area contributed by atoms with Gasteiger partial charge in [0.15, 0.2) is 5.82 Å². The second kappa shape index (κ2) is 5.07. The lowest BCUT2D eigenvalue weighted by Gasteiger charge is -2.06. The van der Waals surface area contributed by atoms with Gasteiger partial charge >= 0.3 is 0 Å². The number of hydrogen-bond donors (Lipinski definition) is 2. The average molecular weight is 348 g/mol. The first-order chi connectivity index (χ1) is 9.56. The number of nitrogens with two attached hydrogens (primary N) is 1. The van der Waals surface area contributed by atoms with Crippen LogP contribution in [0, 0.1) is 13.8 Å². The minimum atomic E-state index is 0.533. The van der Waals surface area contributed by atoms with Crippen molar-refractivity contribution in [2.45, 2.75) is 13.8 Å². The maximum Gasteiger partial charge on any atom is 0.153 e. The zero-order chi connectivity index (χ0) is 14.3. The number of nitrogen functional groups attached to an aromatic ring is 1. The molecule has 0 unspecified atom stereocenters. The van der Waals surface area contributed by atoms with Gasteiger partial charge in [-0.15, -0.1) is 11.3 Å². The largest absolute Gasteiger partial charge is 0.382 e. The maximum absolute atomic E-state index is 6.05. The molecule has 0 radical (unpaired) electrons. The summed E-state index contributed by atoms with van der Waals surface area (Å²) < 4.78 is 1.09. The summed E-state index contributed by atoms with van der Waals surface area (Å²) in [6.45, 7) is 4.21. The molecule has 5 heteroatoms. The number of aromatic nitrogens is 2. The van der Waals surface area contributed by atoms with Crippen LogP contribution in [0.15, 0.2) is 33.4 Å². The fourth-order valence-corrected chi connectivity index (χ4v) is 3.34. The summed E-state index contributed by atoms with van der Waals surface area (Å²) in [6, 6.07) is 8.43. The molecule has 0 saturated heterocycles. The molecule has 3 aromatic rings. The van der Waals surface area contributed by atoms with Gasteiger partial charge in [0.25, 0.3) is 0 Å². The number of benzene rings is 1. The fourth-order valence-electron chi connectivity index (χ4n) is 2.20. The summed E-state index contributed by atoms with van der Waals surface area (Å²) in [5.74, 6) is 0.533. The Hall–Kier alpha value is -1.59. The van der Waals surface area contributed by atoms with Crippen LogP contribution in [0.5, 0.6) is 0 Å². The number of aromatic amines is 1. The summed E-state index contributed by atoms with van der Waals surface area (Å²) in [5.41, 5.74) is 12.7. The average Bonchev–Trinajstić information content (AvgIpc) is 2.99. The molecule has 20 heavy (non-hydrogen) atoms. The van der Waals surface area contributed by atoms with Crippen LogP contribution < -0.4 is 5.73 Å². The molecule has 0 fully saturated rings. The van der Waals surface area contributed by atoms with Crippen LogP contribution in [0.3, 0.4) is 0 Å². The third-order valence-electron chi connectivity index (χ3n) is 3.45. The minimum absolute atomic E-state index is 0.533. The number of aryl methyl sites for hydroxylation is 2. The van der Waals surface area contributed by atoms with E-state index in [0.717, 1.165) is 26.2 Å².